The van der Waals surface area contributed by atoms with Gasteiger partial charge in [0.15, 0.2) is 5.76 Å². The zero-order valence-corrected chi connectivity index (χ0v) is 12.3. The summed E-state index contributed by atoms with van der Waals surface area (Å²) in [5.41, 5.74) is 0. The summed E-state index contributed by atoms with van der Waals surface area (Å²) in [7, 11) is 0. The Hall–Kier alpha value is -1.36. The van der Waals surface area contributed by atoms with Gasteiger partial charge in [-0.05, 0) is 24.3 Å². The molecule has 0 bridgehead atoms. The van der Waals surface area contributed by atoms with Gasteiger partial charge in [-0.2, -0.15) is 0 Å². The maximum Gasteiger partial charge on any atom is 0.289 e. The van der Waals surface area contributed by atoms with Crippen molar-refractivity contribution in [3.63, 3.8) is 0 Å². The molecule has 106 valence electrons. The summed E-state index contributed by atoms with van der Waals surface area (Å²) in [5, 5.41) is 2.46. The van der Waals surface area contributed by atoms with Gasteiger partial charge in [0.05, 0.1) is 6.26 Å². The minimum Gasteiger partial charge on any atom is -0.466 e. The molecule has 0 spiro atoms. The summed E-state index contributed by atoms with van der Waals surface area (Å²) in [4.78, 5) is 11.9. The molecule has 1 aromatic heterocycles. The average molecular weight is 335 g/mol. The van der Waals surface area contributed by atoms with E-state index in [2.05, 4.69) is 5.32 Å². The first-order chi connectivity index (χ1) is 9.47. The van der Waals surface area contributed by atoms with E-state index in [0.29, 0.717) is 5.75 Å². The minimum absolute atomic E-state index is 0.0981. The molecule has 1 heterocycles. The minimum atomic E-state index is -1.84. The van der Waals surface area contributed by atoms with Crippen molar-refractivity contribution in [1.82, 2.24) is 5.32 Å². The number of hydrogen-bond acceptors (Lipinski definition) is 3. The molecule has 0 aliphatic rings. The molecule has 0 saturated carbocycles. The van der Waals surface area contributed by atoms with E-state index in [9.17, 15) is 4.79 Å². The smallest absolute Gasteiger partial charge is 0.289 e. The van der Waals surface area contributed by atoms with E-state index in [0.717, 1.165) is 0 Å². The first-order valence-corrected chi connectivity index (χ1v) is 6.73. The predicted molar refractivity (Wildman–Crippen MR) is 77.3 cm³/mol. The van der Waals surface area contributed by atoms with Crippen LogP contribution in [-0.4, -0.2) is 15.9 Å². The zero-order chi connectivity index (χ0) is 14.6. The third kappa shape index (κ3) is 4.07. The van der Waals surface area contributed by atoms with E-state index in [-0.39, 0.29) is 5.76 Å². The zero-order valence-electron chi connectivity index (χ0n) is 10.1. The number of halogens is 3. The third-order valence-electron chi connectivity index (χ3n) is 2.30. The lowest BCUT2D eigenvalue weighted by Gasteiger charge is -2.25. The molecule has 0 saturated heterocycles. The van der Waals surface area contributed by atoms with Gasteiger partial charge in [0, 0.05) is 0 Å². The number of ether oxygens (including phenoxy) is 1. The van der Waals surface area contributed by atoms with Gasteiger partial charge in [-0.15, -0.1) is 0 Å². The third-order valence-corrected chi connectivity index (χ3v) is 2.90. The van der Waals surface area contributed by atoms with Crippen LogP contribution in [-0.2, 0) is 0 Å². The van der Waals surface area contributed by atoms with Gasteiger partial charge in [-0.25, -0.2) is 0 Å². The van der Waals surface area contributed by atoms with Crippen molar-refractivity contribution in [2.75, 3.05) is 0 Å². The van der Waals surface area contributed by atoms with E-state index >= 15 is 0 Å². The standard InChI is InChI=1S/C13H10Cl3NO3/c14-13(15,16)12(20-9-5-2-1-3-6-9)17-11(18)10-7-4-8-19-10/h1-8,12H,(H,17,18)/t12-/m1/s1. The average Bonchev–Trinajstić information content (AvgIpc) is 2.92. The van der Waals surface area contributed by atoms with Gasteiger partial charge in [-0.3, -0.25) is 4.79 Å². The highest BCUT2D eigenvalue weighted by atomic mass is 35.6. The molecule has 0 aliphatic carbocycles. The number of rotatable bonds is 4. The molecular formula is C13H10Cl3NO3. The van der Waals surface area contributed by atoms with Crippen LogP contribution in [0.25, 0.3) is 0 Å². The number of hydrogen-bond donors (Lipinski definition) is 1. The van der Waals surface area contributed by atoms with Crippen LogP contribution in [0, 0.1) is 0 Å². The number of nitrogens with one attached hydrogen (secondary N) is 1. The highest BCUT2D eigenvalue weighted by Crippen LogP contribution is 2.32. The van der Waals surface area contributed by atoms with Gasteiger partial charge in [0.2, 0.25) is 10.0 Å². The maximum absolute atomic E-state index is 11.9. The van der Waals surface area contributed by atoms with Crippen LogP contribution in [0.5, 0.6) is 5.75 Å². The van der Waals surface area contributed by atoms with E-state index in [1.807, 2.05) is 6.07 Å². The lowest BCUT2D eigenvalue weighted by atomic mass is 10.3. The molecule has 2 aromatic rings. The fraction of sp³-hybridized carbons (Fsp3) is 0.154. The maximum atomic E-state index is 11.9. The van der Waals surface area contributed by atoms with Crippen molar-refractivity contribution in [3.05, 3.63) is 54.5 Å². The molecule has 1 atom stereocenters. The lowest BCUT2D eigenvalue weighted by molar-refractivity contribution is 0.0805. The molecule has 20 heavy (non-hydrogen) atoms. The van der Waals surface area contributed by atoms with Crippen molar-refractivity contribution < 1.29 is 13.9 Å². The van der Waals surface area contributed by atoms with Gasteiger partial charge in [-0.1, -0.05) is 53.0 Å². The summed E-state index contributed by atoms with van der Waals surface area (Å²) in [5.74, 6) is 0.0201. The normalized spacial score (nSPS) is 12.8. The van der Waals surface area contributed by atoms with E-state index in [1.54, 1.807) is 30.3 Å². The predicted octanol–water partition coefficient (Wildman–Crippen LogP) is 3.78. The summed E-state index contributed by atoms with van der Waals surface area (Å²) in [6.45, 7) is 0. The number of alkyl halides is 3. The molecule has 1 amide bonds. The second-order valence-electron chi connectivity index (χ2n) is 3.80. The van der Waals surface area contributed by atoms with Gasteiger partial charge in [0.25, 0.3) is 5.91 Å². The van der Waals surface area contributed by atoms with Crippen LogP contribution in [0.3, 0.4) is 0 Å². The molecular weight excluding hydrogens is 325 g/mol. The fourth-order valence-corrected chi connectivity index (χ4v) is 1.71. The van der Waals surface area contributed by atoms with Crippen LogP contribution < -0.4 is 10.1 Å². The molecule has 0 unspecified atom stereocenters. The van der Waals surface area contributed by atoms with E-state index in [4.69, 9.17) is 44.0 Å². The van der Waals surface area contributed by atoms with Crippen LogP contribution in [0.4, 0.5) is 0 Å². The monoisotopic (exact) mass is 333 g/mol. The molecule has 0 aliphatic heterocycles. The van der Waals surface area contributed by atoms with Gasteiger partial charge < -0.3 is 14.5 Å². The first-order valence-electron chi connectivity index (χ1n) is 5.59. The second-order valence-corrected chi connectivity index (χ2v) is 6.17. The van der Waals surface area contributed by atoms with Crippen molar-refractivity contribution in [3.8, 4) is 5.75 Å². The highest BCUT2D eigenvalue weighted by molar-refractivity contribution is 6.68. The topological polar surface area (TPSA) is 51.5 Å². The Bertz CT molecular complexity index is 552. The molecule has 2 rings (SSSR count). The molecule has 1 N–H and O–H groups in total. The molecule has 1 aromatic carbocycles. The summed E-state index contributed by atoms with van der Waals surface area (Å²) in [6.07, 6.45) is 0.213. The number of carbonyl (C=O) groups excluding carboxylic acids is 1. The Morgan fingerprint density at radius 2 is 1.85 bits per heavy atom. The Labute approximate surface area is 130 Å². The Kier molecular flexibility index (Phi) is 4.81. The van der Waals surface area contributed by atoms with E-state index in [1.165, 1.54) is 12.3 Å². The van der Waals surface area contributed by atoms with Crippen molar-refractivity contribution >= 4 is 40.7 Å². The van der Waals surface area contributed by atoms with E-state index < -0.39 is 15.9 Å². The largest absolute Gasteiger partial charge is 0.466 e. The number of carbonyl (C=O) groups is 1. The second kappa shape index (κ2) is 6.39. The first kappa shape index (κ1) is 15.0. The van der Waals surface area contributed by atoms with Gasteiger partial charge in [0.1, 0.15) is 5.75 Å². The van der Waals surface area contributed by atoms with Crippen LogP contribution in [0.1, 0.15) is 10.6 Å². The number of furan rings is 1. The van der Waals surface area contributed by atoms with Crippen LogP contribution >= 0.6 is 34.8 Å². The van der Waals surface area contributed by atoms with Crippen molar-refractivity contribution in [1.29, 1.82) is 0 Å². The Morgan fingerprint density at radius 1 is 1.15 bits per heavy atom. The van der Waals surface area contributed by atoms with Crippen LogP contribution in [0.2, 0.25) is 0 Å². The Balaban J connectivity index is 2.11. The fourth-order valence-electron chi connectivity index (χ4n) is 1.41. The quantitative estimate of drug-likeness (QED) is 0.684. The van der Waals surface area contributed by atoms with Crippen molar-refractivity contribution in [2.24, 2.45) is 0 Å². The lowest BCUT2D eigenvalue weighted by Crippen LogP contribution is -2.47. The molecule has 0 fully saturated rings. The van der Waals surface area contributed by atoms with Crippen LogP contribution in [0.15, 0.2) is 53.1 Å². The van der Waals surface area contributed by atoms with Gasteiger partial charge >= 0.3 is 0 Å². The summed E-state index contributed by atoms with van der Waals surface area (Å²) < 4.78 is 8.61. The Morgan fingerprint density at radius 3 is 2.40 bits per heavy atom. The highest BCUT2D eigenvalue weighted by Gasteiger charge is 2.36. The summed E-state index contributed by atoms with van der Waals surface area (Å²) >= 11 is 17.4. The molecule has 4 nitrogen and oxygen atoms in total. The number of para-hydroxylation sites is 1. The number of benzene rings is 1. The molecule has 7 heteroatoms. The van der Waals surface area contributed by atoms with Crippen molar-refractivity contribution in [2.45, 2.75) is 10.0 Å². The molecule has 0 radical (unpaired) electrons. The SMILES string of the molecule is O=C(N[C@H](Oc1ccccc1)C(Cl)(Cl)Cl)c1ccco1. The number of amides is 1. The summed E-state index contributed by atoms with van der Waals surface area (Å²) in [6, 6.07) is 11.8.